The van der Waals surface area contributed by atoms with Gasteiger partial charge in [0.15, 0.2) is 6.61 Å². The van der Waals surface area contributed by atoms with Gasteiger partial charge >= 0.3 is 0 Å². The van der Waals surface area contributed by atoms with Gasteiger partial charge in [-0.3, -0.25) is 4.79 Å². The highest BCUT2D eigenvalue weighted by molar-refractivity contribution is 5.97. The summed E-state index contributed by atoms with van der Waals surface area (Å²) in [6, 6.07) is 25.5. The summed E-state index contributed by atoms with van der Waals surface area (Å²) >= 11 is 0. The van der Waals surface area contributed by atoms with Crippen LogP contribution in [0.4, 0.5) is 0 Å². The van der Waals surface area contributed by atoms with Gasteiger partial charge in [0.05, 0.1) is 5.56 Å². The Morgan fingerprint density at radius 2 is 1.79 bits per heavy atom. The Labute approximate surface area is 196 Å². The van der Waals surface area contributed by atoms with Gasteiger partial charge in [-0.05, 0) is 29.3 Å². The van der Waals surface area contributed by atoms with Gasteiger partial charge in [-0.25, -0.2) is 0 Å². The number of amides is 1. The van der Waals surface area contributed by atoms with E-state index in [1.165, 1.54) is 0 Å². The molecule has 2 heterocycles. The fraction of sp³-hybridized carbons (Fsp3) is 0.148. The van der Waals surface area contributed by atoms with Crippen molar-refractivity contribution in [2.75, 3.05) is 6.54 Å². The summed E-state index contributed by atoms with van der Waals surface area (Å²) in [6.45, 7) is 2.27. The molecule has 1 amide bonds. The molecule has 0 saturated carbocycles. The maximum atomic E-state index is 13.2. The first-order valence-corrected chi connectivity index (χ1v) is 11.1. The maximum Gasteiger partial charge on any atom is 0.255 e. The minimum Gasteiger partial charge on any atom is -0.485 e. The van der Waals surface area contributed by atoms with Crippen LogP contribution in [0.5, 0.6) is 5.75 Å². The number of hydrogen-bond acceptors (Lipinski definition) is 5. The third-order valence-electron chi connectivity index (χ3n) is 5.72. The lowest BCUT2D eigenvalue weighted by atomic mass is 9.91. The third-order valence-corrected chi connectivity index (χ3v) is 5.72. The zero-order chi connectivity index (χ0) is 23.3. The van der Waals surface area contributed by atoms with Gasteiger partial charge in [-0.15, -0.1) is 0 Å². The zero-order valence-corrected chi connectivity index (χ0v) is 18.7. The number of nitrogens with zero attached hydrogens (tertiary/aromatic N) is 2. The molecule has 2 N–H and O–H groups in total. The minimum absolute atomic E-state index is 0.0170. The molecule has 0 aliphatic rings. The first kappa shape index (κ1) is 21.5. The van der Waals surface area contributed by atoms with Crippen molar-refractivity contribution in [1.29, 1.82) is 0 Å². The molecular weight excluding hydrogens is 428 g/mol. The molecule has 0 fully saturated rings. The number of rotatable bonds is 8. The van der Waals surface area contributed by atoms with Crippen LogP contribution in [0.15, 0.2) is 89.6 Å². The van der Waals surface area contributed by atoms with Gasteiger partial charge in [0.2, 0.25) is 11.7 Å². The van der Waals surface area contributed by atoms with Crippen molar-refractivity contribution in [3.05, 3.63) is 113 Å². The Kier molecular flexibility index (Phi) is 6.07. The summed E-state index contributed by atoms with van der Waals surface area (Å²) < 4.78 is 10.8. The average molecular weight is 453 g/mol. The largest absolute Gasteiger partial charge is 0.485 e. The van der Waals surface area contributed by atoms with E-state index in [0.29, 0.717) is 29.6 Å². The van der Waals surface area contributed by atoms with Crippen LogP contribution in [0, 0.1) is 6.92 Å². The van der Waals surface area contributed by atoms with Crippen molar-refractivity contribution in [2.45, 2.75) is 19.4 Å². The van der Waals surface area contributed by atoms with Crippen molar-refractivity contribution in [3.63, 3.8) is 0 Å². The molecule has 3 aromatic carbocycles. The molecule has 7 heteroatoms. The van der Waals surface area contributed by atoms with Crippen molar-refractivity contribution >= 4 is 16.8 Å². The van der Waals surface area contributed by atoms with Gasteiger partial charge in [-0.1, -0.05) is 65.8 Å². The Bertz CT molecular complexity index is 1410. The van der Waals surface area contributed by atoms with E-state index in [0.717, 1.165) is 22.0 Å². The van der Waals surface area contributed by atoms with Gasteiger partial charge in [0.1, 0.15) is 5.75 Å². The molecule has 5 rings (SSSR count). The molecule has 1 atom stereocenters. The molecule has 0 bridgehead atoms. The van der Waals surface area contributed by atoms with Gasteiger partial charge in [-0.2, -0.15) is 4.98 Å². The summed E-state index contributed by atoms with van der Waals surface area (Å²) in [5.74, 6) is 1.13. The van der Waals surface area contributed by atoms with Crippen LogP contribution in [0.2, 0.25) is 0 Å². The number of ether oxygens (including phenoxy) is 1. The smallest absolute Gasteiger partial charge is 0.255 e. The first-order chi connectivity index (χ1) is 16.7. The average Bonchev–Trinajstić information content (AvgIpc) is 3.50. The van der Waals surface area contributed by atoms with E-state index in [4.69, 9.17) is 9.26 Å². The lowest BCUT2D eigenvalue weighted by Gasteiger charge is -2.19. The monoisotopic (exact) mass is 452 g/mol. The van der Waals surface area contributed by atoms with Gasteiger partial charge in [0, 0.05) is 36.5 Å². The third kappa shape index (κ3) is 4.54. The first-order valence-electron chi connectivity index (χ1n) is 11.1. The van der Waals surface area contributed by atoms with Crippen molar-refractivity contribution in [1.82, 2.24) is 20.4 Å². The van der Waals surface area contributed by atoms with Crippen molar-refractivity contribution in [3.8, 4) is 5.75 Å². The van der Waals surface area contributed by atoms with Crippen LogP contribution in [0.1, 0.15) is 39.1 Å². The number of H-pyrrole nitrogens is 1. The number of benzene rings is 3. The van der Waals surface area contributed by atoms with Crippen molar-refractivity contribution < 1.29 is 14.1 Å². The Balaban J connectivity index is 1.36. The number of hydrogen-bond donors (Lipinski definition) is 2. The molecule has 34 heavy (non-hydrogen) atoms. The summed E-state index contributed by atoms with van der Waals surface area (Å²) in [5, 5.41) is 8.09. The Morgan fingerprint density at radius 1 is 1.03 bits per heavy atom. The molecule has 0 saturated heterocycles. The Morgan fingerprint density at radius 3 is 2.62 bits per heavy atom. The summed E-state index contributed by atoms with van der Waals surface area (Å²) in [6.07, 6.45) is 2.03. The molecule has 0 radical (unpaired) electrons. The zero-order valence-electron chi connectivity index (χ0n) is 18.7. The molecule has 1 unspecified atom stereocenters. The molecule has 2 aromatic heterocycles. The Hall–Kier alpha value is -4.39. The van der Waals surface area contributed by atoms with Gasteiger partial charge < -0.3 is 19.6 Å². The van der Waals surface area contributed by atoms with E-state index in [1.54, 1.807) is 19.1 Å². The predicted octanol–water partition coefficient (Wildman–Crippen LogP) is 5.00. The van der Waals surface area contributed by atoms with Crippen LogP contribution in [-0.2, 0) is 6.61 Å². The predicted molar refractivity (Wildman–Crippen MR) is 129 cm³/mol. The standard InChI is InChI=1S/C27H24N4O3/c1-18-30-26(31-34-18)17-33-25-14-8-6-12-21(25)27(32)29-15-22(19-9-3-2-4-10-19)23-16-28-24-13-7-5-11-20(23)24/h2-14,16,22,28H,15,17H2,1H3,(H,29,32). The highest BCUT2D eigenvalue weighted by Crippen LogP contribution is 2.30. The van der Waals surface area contributed by atoms with E-state index in [1.807, 2.05) is 48.7 Å². The lowest BCUT2D eigenvalue weighted by molar-refractivity contribution is 0.0947. The molecule has 7 nitrogen and oxygen atoms in total. The second-order valence-electron chi connectivity index (χ2n) is 7.98. The number of carbonyl (C=O) groups excluding carboxylic acids is 1. The quantitative estimate of drug-likeness (QED) is 0.346. The van der Waals surface area contributed by atoms with Crippen LogP contribution < -0.4 is 10.1 Å². The highest BCUT2D eigenvalue weighted by Gasteiger charge is 2.20. The number of aryl methyl sites for hydroxylation is 1. The SMILES string of the molecule is Cc1nc(COc2ccccc2C(=O)NCC(c2ccccc2)c2c[nH]c3ccccc23)no1. The summed E-state index contributed by atoms with van der Waals surface area (Å²) in [4.78, 5) is 20.7. The molecule has 0 spiro atoms. The number of para-hydroxylation sites is 2. The number of nitrogens with one attached hydrogen (secondary N) is 2. The van der Waals surface area contributed by atoms with E-state index in [9.17, 15) is 4.79 Å². The highest BCUT2D eigenvalue weighted by atomic mass is 16.5. The van der Waals surface area contributed by atoms with Gasteiger partial charge in [0.25, 0.3) is 5.91 Å². The van der Waals surface area contributed by atoms with Crippen LogP contribution in [0.25, 0.3) is 10.9 Å². The molecule has 0 aliphatic carbocycles. The maximum absolute atomic E-state index is 13.2. The number of aromatic nitrogens is 3. The van der Waals surface area contributed by atoms with Crippen LogP contribution in [-0.4, -0.2) is 27.6 Å². The molecule has 0 aliphatic heterocycles. The lowest BCUT2D eigenvalue weighted by Crippen LogP contribution is -2.29. The normalized spacial score (nSPS) is 11.9. The molecule has 5 aromatic rings. The van der Waals surface area contributed by atoms with E-state index in [2.05, 4.69) is 44.7 Å². The van der Waals surface area contributed by atoms with Crippen molar-refractivity contribution in [2.24, 2.45) is 0 Å². The second kappa shape index (κ2) is 9.62. The topological polar surface area (TPSA) is 93.0 Å². The number of aromatic amines is 1. The summed E-state index contributed by atoms with van der Waals surface area (Å²) in [5.41, 5.74) is 3.79. The fourth-order valence-corrected chi connectivity index (χ4v) is 4.09. The van der Waals surface area contributed by atoms with Crippen LogP contribution >= 0.6 is 0 Å². The fourth-order valence-electron chi connectivity index (χ4n) is 4.09. The van der Waals surface area contributed by atoms with Crippen LogP contribution in [0.3, 0.4) is 0 Å². The summed E-state index contributed by atoms with van der Waals surface area (Å²) in [7, 11) is 0. The minimum atomic E-state index is -0.208. The number of fused-ring (bicyclic) bond motifs is 1. The molecular formula is C27H24N4O3. The second-order valence-corrected chi connectivity index (χ2v) is 7.98. The van der Waals surface area contributed by atoms with E-state index < -0.39 is 0 Å². The molecule has 170 valence electrons. The number of carbonyl (C=O) groups is 1. The van der Waals surface area contributed by atoms with E-state index >= 15 is 0 Å². The van der Waals surface area contributed by atoms with E-state index in [-0.39, 0.29) is 18.4 Å².